The van der Waals surface area contributed by atoms with Gasteiger partial charge in [-0.3, -0.25) is 4.72 Å². The summed E-state index contributed by atoms with van der Waals surface area (Å²) >= 11 is 2.05. The van der Waals surface area contributed by atoms with E-state index >= 15 is 0 Å². The molecule has 12 heteroatoms. The third kappa shape index (κ3) is 6.76. The van der Waals surface area contributed by atoms with Crippen LogP contribution >= 0.6 is 22.6 Å². The standard InChI is InChI=1S/C20H20IN3O6S.K/c1-11-14-9-16(21)18(30-20(26)24(2)3)10-17(14)29-19(25)15(11)8-12-5-4-6-13(7-12)23-31(22,27)28;/h4-7,9-10,23H,8H2,1-3H3,(H2,22,27,28);. The van der Waals surface area contributed by atoms with E-state index in [9.17, 15) is 18.0 Å². The number of nitrogens with one attached hydrogen (secondary N) is 1. The Kier molecular flexibility index (Phi) is 9.32. The normalized spacial score (nSPS) is 11.0. The fraction of sp³-hybridized carbons (Fsp3) is 0.200. The van der Waals surface area contributed by atoms with E-state index in [0.717, 1.165) is 5.56 Å². The molecule has 9 nitrogen and oxygen atoms in total. The number of nitrogens with zero attached hydrogens (tertiary/aromatic N) is 1. The van der Waals surface area contributed by atoms with Crippen LogP contribution in [-0.4, -0.2) is 84.9 Å². The Bertz CT molecular complexity index is 1340. The zero-order chi connectivity index (χ0) is 22.9. The molecule has 0 spiro atoms. The molecule has 0 bridgehead atoms. The summed E-state index contributed by atoms with van der Waals surface area (Å²) in [5.74, 6) is 0.295. The van der Waals surface area contributed by atoms with Gasteiger partial charge in [-0.05, 0) is 58.8 Å². The van der Waals surface area contributed by atoms with Gasteiger partial charge in [-0.25, -0.2) is 14.7 Å². The third-order valence-corrected chi connectivity index (χ3v) is 5.83. The van der Waals surface area contributed by atoms with Crippen molar-refractivity contribution >= 4 is 107 Å². The first-order valence-corrected chi connectivity index (χ1v) is 11.6. The minimum atomic E-state index is -3.90. The van der Waals surface area contributed by atoms with E-state index in [2.05, 4.69) is 27.3 Å². The van der Waals surface area contributed by atoms with Crippen molar-refractivity contribution in [1.82, 2.24) is 4.90 Å². The van der Waals surface area contributed by atoms with Crippen LogP contribution in [0.15, 0.2) is 45.6 Å². The number of ether oxygens (including phenoxy) is 1. The predicted molar refractivity (Wildman–Crippen MR) is 131 cm³/mol. The molecule has 3 rings (SSSR count). The Morgan fingerprint density at radius 2 is 1.94 bits per heavy atom. The molecule has 0 saturated heterocycles. The number of fused-ring (bicyclic) bond motifs is 1. The van der Waals surface area contributed by atoms with Crippen LogP contribution in [0, 0.1) is 10.5 Å². The van der Waals surface area contributed by atoms with Crippen LogP contribution in [0.5, 0.6) is 5.75 Å². The molecule has 1 heterocycles. The van der Waals surface area contributed by atoms with Crippen molar-refractivity contribution in [3.05, 3.63) is 67.1 Å². The number of anilines is 1. The molecule has 165 valence electrons. The van der Waals surface area contributed by atoms with E-state index < -0.39 is 21.9 Å². The number of halogens is 1. The fourth-order valence-corrected chi connectivity index (χ4v) is 4.00. The van der Waals surface area contributed by atoms with Gasteiger partial charge >= 0.3 is 11.7 Å². The van der Waals surface area contributed by atoms with Gasteiger partial charge in [0.05, 0.1) is 9.26 Å². The van der Waals surface area contributed by atoms with Crippen LogP contribution in [0.2, 0.25) is 0 Å². The maximum Gasteiger partial charge on any atom is 0.414 e. The van der Waals surface area contributed by atoms with Crippen LogP contribution in [0.4, 0.5) is 10.5 Å². The van der Waals surface area contributed by atoms with Crippen molar-refractivity contribution in [1.29, 1.82) is 0 Å². The summed E-state index contributed by atoms with van der Waals surface area (Å²) in [4.78, 5) is 25.8. The second-order valence-corrected chi connectivity index (χ2v) is 9.51. The smallest absolute Gasteiger partial charge is 0.414 e. The Balaban J connectivity index is 0.00000363. The van der Waals surface area contributed by atoms with E-state index in [1.807, 2.05) is 6.92 Å². The summed E-state index contributed by atoms with van der Waals surface area (Å²) in [7, 11) is -0.765. The van der Waals surface area contributed by atoms with Gasteiger partial charge in [-0.2, -0.15) is 8.42 Å². The predicted octanol–water partition coefficient (Wildman–Crippen LogP) is 2.59. The molecule has 1 radical (unpaired) electrons. The van der Waals surface area contributed by atoms with Crippen LogP contribution in [0.3, 0.4) is 0 Å². The quantitative estimate of drug-likeness (QED) is 0.265. The average Bonchev–Trinajstić information content (AvgIpc) is 2.65. The number of hydrogen-bond donors (Lipinski definition) is 2. The summed E-state index contributed by atoms with van der Waals surface area (Å²) in [6.07, 6.45) is -0.306. The van der Waals surface area contributed by atoms with Gasteiger partial charge in [-0.1, -0.05) is 12.1 Å². The average molecular weight is 596 g/mol. The second-order valence-electron chi connectivity index (χ2n) is 7.06. The minimum absolute atomic E-state index is 0. The Labute approximate surface area is 241 Å². The summed E-state index contributed by atoms with van der Waals surface area (Å²) in [5, 5.41) is 5.73. The van der Waals surface area contributed by atoms with Crippen LogP contribution in [0.1, 0.15) is 16.7 Å². The van der Waals surface area contributed by atoms with Crippen molar-refractivity contribution in [2.24, 2.45) is 5.14 Å². The molecule has 2 aromatic carbocycles. The topological polar surface area (TPSA) is 132 Å². The van der Waals surface area contributed by atoms with Crippen molar-refractivity contribution in [3.63, 3.8) is 0 Å². The number of amides is 1. The molecule has 32 heavy (non-hydrogen) atoms. The van der Waals surface area contributed by atoms with Crippen molar-refractivity contribution < 1.29 is 22.4 Å². The van der Waals surface area contributed by atoms with Crippen molar-refractivity contribution in [2.45, 2.75) is 13.3 Å². The van der Waals surface area contributed by atoms with Gasteiger partial charge < -0.3 is 14.1 Å². The van der Waals surface area contributed by atoms with Gasteiger partial charge in [0.1, 0.15) is 11.3 Å². The first-order chi connectivity index (χ1) is 14.4. The molecule has 0 aliphatic carbocycles. The molecule has 1 amide bonds. The summed E-state index contributed by atoms with van der Waals surface area (Å²) in [5.41, 5.74) is 1.94. The number of rotatable bonds is 5. The van der Waals surface area contributed by atoms with Crippen molar-refractivity contribution in [2.75, 3.05) is 18.8 Å². The molecule has 3 N–H and O–H groups in total. The molecule has 1 aromatic heterocycles. The molecule has 0 unspecified atom stereocenters. The zero-order valence-electron chi connectivity index (χ0n) is 17.9. The number of carbonyl (C=O) groups is 1. The SMILES string of the molecule is Cc1c(Cc2cccc(NS(N)(=O)=O)c2)c(=O)oc2cc(OC(=O)N(C)C)c(I)cc12.[K]. The maximum absolute atomic E-state index is 12.7. The van der Waals surface area contributed by atoms with E-state index in [1.165, 1.54) is 11.0 Å². The zero-order valence-corrected chi connectivity index (χ0v) is 24.0. The van der Waals surface area contributed by atoms with E-state index in [4.69, 9.17) is 14.3 Å². The maximum atomic E-state index is 12.7. The first kappa shape index (κ1) is 27.2. The van der Waals surface area contributed by atoms with E-state index in [-0.39, 0.29) is 57.8 Å². The number of hydrogen-bond acceptors (Lipinski definition) is 6. The Morgan fingerprint density at radius 1 is 1.25 bits per heavy atom. The van der Waals surface area contributed by atoms with Gasteiger partial charge in [-0.15, -0.1) is 0 Å². The second kappa shape index (κ2) is 10.9. The van der Waals surface area contributed by atoms with Crippen molar-refractivity contribution in [3.8, 4) is 5.75 Å². The monoisotopic (exact) mass is 596 g/mol. The molecular formula is C20H20IKN3O6S. The van der Waals surface area contributed by atoms with E-state index in [0.29, 0.717) is 37.1 Å². The summed E-state index contributed by atoms with van der Waals surface area (Å²) in [6.45, 7) is 1.81. The minimum Gasteiger partial charge on any atom is -0.422 e. The molecule has 0 aliphatic heterocycles. The van der Waals surface area contributed by atoms with Gasteiger partial charge in [0, 0.05) is 88.9 Å². The summed E-state index contributed by atoms with van der Waals surface area (Å²) in [6, 6.07) is 9.89. The van der Waals surface area contributed by atoms with Gasteiger partial charge in [0.2, 0.25) is 0 Å². The Hall–Kier alpha value is -1.00. The molecule has 0 atom stereocenters. The molecule has 0 aliphatic rings. The number of benzene rings is 2. The summed E-state index contributed by atoms with van der Waals surface area (Å²) < 4.78 is 36.2. The molecule has 3 aromatic rings. The number of nitrogens with two attached hydrogens (primary N) is 1. The van der Waals surface area contributed by atoms with Crippen LogP contribution in [-0.2, 0) is 16.6 Å². The molecule has 0 saturated carbocycles. The molecule has 0 fully saturated rings. The number of aryl methyl sites for hydroxylation is 1. The third-order valence-electron chi connectivity index (χ3n) is 4.47. The van der Waals surface area contributed by atoms with Gasteiger partial charge in [0.25, 0.3) is 10.2 Å². The number of carbonyl (C=O) groups excluding carboxylic acids is 1. The molecular weight excluding hydrogens is 576 g/mol. The van der Waals surface area contributed by atoms with Crippen LogP contribution in [0.25, 0.3) is 11.0 Å². The fourth-order valence-electron chi connectivity index (χ4n) is 2.97. The largest absolute Gasteiger partial charge is 0.422 e. The van der Waals surface area contributed by atoms with E-state index in [1.54, 1.807) is 44.4 Å². The Morgan fingerprint density at radius 3 is 2.56 bits per heavy atom. The van der Waals surface area contributed by atoms with Gasteiger partial charge in [0.15, 0.2) is 0 Å². The first-order valence-electron chi connectivity index (χ1n) is 8.99. The van der Waals surface area contributed by atoms with Crippen LogP contribution < -0.4 is 20.2 Å².